The van der Waals surface area contributed by atoms with Crippen molar-refractivity contribution in [3.05, 3.63) is 63.9 Å². The number of Topliss-reactive ketones (excluding diaryl/α,β-unsaturated/α-hetero) is 2. The third kappa shape index (κ3) is 3.85. The molecule has 5 rings (SSSR count). The number of rotatable bonds is 4. The molecule has 0 aromatic heterocycles. The van der Waals surface area contributed by atoms with Gasteiger partial charge in [0.15, 0.2) is 11.4 Å². The van der Waals surface area contributed by atoms with Crippen LogP contribution in [-0.4, -0.2) is 82.6 Å². The number of aliphatic hydroxyl groups is 3. The number of fused-ring (bicyclic) bond motifs is 3. The smallest absolute Gasteiger partial charge is 0.255 e. The van der Waals surface area contributed by atoms with E-state index >= 15 is 0 Å². The van der Waals surface area contributed by atoms with Crippen LogP contribution in [0.5, 0.6) is 5.75 Å². The molecule has 4 atom stereocenters. The number of benzene rings is 2. The zero-order chi connectivity index (χ0) is 30.3. The third-order valence-electron chi connectivity index (χ3n) is 8.40. The summed E-state index contributed by atoms with van der Waals surface area (Å²) in [5.74, 6) is -9.54. The molecule has 4 unspecified atom stereocenters. The average molecular weight is 570 g/mol. The van der Waals surface area contributed by atoms with Crippen LogP contribution in [0.4, 0.5) is 14.5 Å². The normalized spacial score (nSPS) is 25.7. The van der Waals surface area contributed by atoms with Crippen molar-refractivity contribution in [2.75, 3.05) is 33.1 Å². The molecule has 12 heteroatoms. The van der Waals surface area contributed by atoms with Crippen LogP contribution in [0.3, 0.4) is 0 Å². The van der Waals surface area contributed by atoms with Crippen LogP contribution >= 0.6 is 0 Å². The lowest BCUT2D eigenvalue weighted by Gasteiger charge is -2.50. The highest BCUT2D eigenvalue weighted by Gasteiger charge is 2.64. The second-order valence-electron chi connectivity index (χ2n) is 11.1. The number of hydrogen-bond donors (Lipinski definition) is 5. The molecule has 0 radical (unpaired) electrons. The molecular formula is C29H29F2N3O7. The van der Waals surface area contributed by atoms with E-state index in [9.17, 15) is 43.6 Å². The van der Waals surface area contributed by atoms with Gasteiger partial charge in [-0.3, -0.25) is 19.3 Å². The highest BCUT2D eigenvalue weighted by Crippen LogP contribution is 2.55. The second-order valence-corrected chi connectivity index (χ2v) is 11.1. The molecule has 3 aliphatic rings. The number of amides is 1. The maximum Gasteiger partial charge on any atom is 0.255 e. The highest BCUT2D eigenvalue weighted by atomic mass is 19.1. The first-order chi connectivity index (χ1) is 19.1. The quantitative estimate of drug-likeness (QED) is 0.346. The van der Waals surface area contributed by atoms with Crippen LogP contribution in [0, 0.1) is 23.5 Å². The van der Waals surface area contributed by atoms with Crippen LogP contribution < -0.4 is 10.6 Å². The van der Waals surface area contributed by atoms with Crippen LogP contribution in [-0.2, 0) is 20.8 Å². The number of nitrogens with two attached hydrogens (primary N) is 1. The molecule has 41 heavy (non-hydrogen) atoms. The Hall–Kier alpha value is -4.29. The van der Waals surface area contributed by atoms with Crippen molar-refractivity contribution in [2.45, 2.75) is 24.5 Å². The van der Waals surface area contributed by atoms with Gasteiger partial charge in [-0.25, -0.2) is 8.78 Å². The number of ketones is 2. The van der Waals surface area contributed by atoms with Crippen molar-refractivity contribution >= 4 is 28.9 Å². The number of aromatic hydroxyl groups is 1. The van der Waals surface area contributed by atoms with E-state index < -0.39 is 75.4 Å². The van der Waals surface area contributed by atoms with Gasteiger partial charge < -0.3 is 31.1 Å². The maximum atomic E-state index is 14.8. The fourth-order valence-corrected chi connectivity index (χ4v) is 6.60. The van der Waals surface area contributed by atoms with E-state index in [1.54, 1.807) is 19.0 Å². The lowest BCUT2D eigenvalue weighted by molar-refractivity contribution is -0.153. The van der Waals surface area contributed by atoms with Crippen LogP contribution in [0.15, 0.2) is 41.2 Å². The summed E-state index contributed by atoms with van der Waals surface area (Å²) in [7, 11) is 6.42. The SMILES string of the molecule is CN(C)c1cc(-c2ccc(F)cc2F)c(O)c2c1CC1CC3C(N(C)C)C(=O)C(C(N)=O)=C(O)C3(O)C(=O)C1=C2O. The molecule has 0 bridgehead atoms. The molecule has 1 amide bonds. The lowest BCUT2D eigenvalue weighted by atomic mass is 9.57. The summed E-state index contributed by atoms with van der Waals surface area (Å²) in [4.78, 5) is 42.5. The zero-order valence-corrected chi connectivity index (χ0v) is 22.7. The minimum Gasteiger partial charge on any atom is -0.508 e. The van der Waals surface area contributed by atoms with Gasteiger partial charge in [-0.05, 0) is 56.6 Å². The predicted octanol–water partition coefficient (Wildman–Crippen LogP) is 1.98. The Morgan fingerprint density at radius 2 is 1.71 bits per heavy atom. The summed E-state index contributed by atoms with van der Waals surface area (Å²) in [5.41, 5.74) is 1.81. The number of halogens is 2. The Bertz CT molecular complexity index is 1610. The summed E-state index contributed by atoms with van der Waals surface area (Å²) < 4.78 is 28.4. The maximum absolute atomic E-state index is 14.8. The first-order valence-corrected chi connectivity index (χ1v) is 12.8. The third-order valence-corrected chi connectivity index (χ3v) is 8.40. The molecule has 6 N–H and O–H groups in total. The topological polar surface area (TPSA) is 165 Å². The van der Waals surface area contributed by atoms with Gasteiger partial charge in [-0.15, -0.1) is 0 Å². The van der Waals surface area contributed by atoms with Gasteiger partial charge in [0.2, 0.25) is 5.78 Å². The number of carbonyl (C=O) groups is 3. The van der Waals surface area contributed by atoms with E-state index in [0.29, 0.717) is 17.3 Å². The summed E-state index contributed by atoms with van der Waals surface area (Å²) in [6.07, 6.45) is 0.00945. The second kappa shape index (κ2) is 9.38. The average Bonchev–Trinajstić information content (AvgIpc) is 2.86. The minimum atomic E-state index is -2.77. The number of nitrogens with zero attached hydrogens (tertiary/aromatic N) is 2. The van der Waals surface area contributed by atoms with Crippen LogP contribution in [0.1, 0.15) is 17.5 Å². The molecule has 10 nitrogen and oxygen atoms in total. The van der Waals surface area contributed by atoms with Crippen molar-refractivity contribution in [3.8, 4) is 16.9 Å². The van der Waals surface area contributed by atoms with E-state index in [2.05, 4.69) is 0 Å². The number of likely N-dealkylation sites (N-methyl/N-ethyl adjacent to an activating group) is 1. The van der Waals surface area contributed by atoms with Gasteiger partial charge in [0, 0.05) is 48.5 Å². The Kier molecular flexibility index (Phi) is 6.47. The number of hydrogen-bond acceptors (Lipinski definition) is 9. The van der Waals surface area contributed by atoms with Crippen molar-refractivity contribution in [1.82, 2.24) is 4.90 Å². The van der Waals surface area contributed by atoms with E-state index in [0.717, 1.165) is 12.1 Å². The molecule has 2 aromatic rings. The Labute approximate surface area is 233 Å². The predicted molar refractivity (Wildman–Crippen MR) is 144 cm³/mol. The van der Waals surface area contributed by atoms with Gasteiger partial charge in [-0.2, -0.15) is 0 Å². The molecule has 216 valence electrons. The number of carbonyl (C=O) groups excluding carboxylic acids is 3. The van der Waals surface area contributed by atoms with Crippen molar-refractivity contribution in [3.63, 3.8) is 0 Å². The number of primary amides is 1. The van der Waals surface area contributed by atoms with Gasteiger partial charge in [-0.1, -0.05) is 0 Å². The van der Waals surface area contributed by atoms with E-state index in [4.69, 9.17) is 5.73 Å². The number of phenols is 1. The molecule has 0 heterocycles. The van der Waals surface area contributed by atoms with Crippen molar-refractivity contribution < 1.29 is 43.6 Å². The summed E-state index contributed by atoms with van der Waals surface area (Å²) >= 11 is 0. The first-order valence-electron chi connectivity index (χ1n) is 12.8. The van der Waals surface area contributed by atoms with Crippen molar-refractivity contribution in [1.29, 1.82) is 0 Å². The van der Waals surface area contributed by atoms with Crippen LogP contribution in [0.2, 0.25) is 0 Å². The van der Waals surface area contributed by atoms with Gasteiger partial charge in [0.25, 0.3) is 5.91 Å². The molecule has 2 aromatic carbocycles. The molecule has 0 spiro atoms. The molecule has 3 aliphatic carbocycles. The van der Waals surface area contributed by atoms with E-state index in [1.165, 1.54) is 25.1 Å². The fraction of sp³-hybridized carbons (Fsp3) is 0.345. The minimum absolute atomic E-state index is 0.0618. The summed E-state index contributed by atoms with van der Waals surface area (Å²) in [6.45, 7) is 0. The number of phenolic OH excluding ortho intramolecular Hbond substituents is 1. The van der Waals surface area contributed by atoms with Gasteiger partial charge in [0.05, 0.1) is 11.6 Å². The van der Waals surface area contributed by atoms with Crippen LogP contribution in [0.25, 0.3) is 16.9 Å². The summed E-state index contributed by atoms with van der Waals surface area (Å²) in [6, 6.07) is 3.09. The Morgan fingerprint density at radius 1 is 1.05 bits per heavy atom. The number of anilines is 1. The molecule has 1 saturated carbocycles. The zero-order valence-electron chi connectivity index (χ0n) is 22.7. The van der Waals surface area contributed by atoms with Gasteiger partial charge >= 0.3 is 0 Å². The molecule has 0 aliphatic heterocycles. The highest BCUT2D eigenvalue weighted by molar-refractivity contribution is 6.24. The number of aliphatic hydroxyl groups excluding tert-OH is 2. The fourth-order valence-electron chi connectivity index (χ4n) is 6.60. The molecule has 1 fully saturated rings. The van der Waals surface area contributed by atoms with Gasteiger partial charge in [0.1, 0.15) is 34.5 Å². The lowest BCUT2D eigenvalue weighted by Crippen LogP contribution is -2.65. The van der Waals surface area contributed by atoms with Crippen molar-refractivity contribution in [2.24, 2.45) is 17.6 Å². The first kappa shape index (κ1) is 28.2. The molecular weight excluding hydrogens is 540 g/mol. The standard InChI is InChI=1S/C29H29F2N3O7/c1-33(2)18-10-14(13-6-5-12(30)9-17(13)31)23(35)20-15(18)7-11-8-16-22(34(3)4)25(37)21(28(32)40)27(39)29(16,41)26(38)19(11)24(20)36/h5-6,9-11,16,22,35-36,39,41H,7-8H2,1-4H3,(H2,32,40). The Morgan fingerprint density at radius 3 is 2.27 bits per heavy atom. The molecule has 0 saturated heterocycles. The largest absolute Gasteiger partial charge is 0.508 e. The summed E-state index contributed by atoms with van der Waals surface area (Å²) in [5, 5.41) is 45.6. The van der Waals surface area contributed by atoms with E-state index in [1.807, 2.05) is 0 Å². The monoisotopic (exact) mass is 569 g/mol. The Balaban J connectivity index is 1.78. The van der Waals surface area contributed by atoms with E-state index in [-0.39, 0.29) is 35.1 Å².